The zero-order valence-corrected chi connectivity index (χ0v) is 6.43. The Hall–Kier alpha value is -0.700. The maximum Gasteiger partial charge on any atom is 0.0814 e. The van der Waals surface area contributed by atoms with Gasteiger partial charge >= 0.3 is 0 Å². The highest BCUT2D eigenvalue weighted by atomic mass is 32.1. The van der Waals surface area contributed by atoms with Gasteiger partial charge in [0.2, 0.25) is 0 Å². The van der Waals surface area contributed by atoms with Crippen LogP contribution in [0.4, 0.5) is 0 Å². The first-order valence-electron chi connectivity index (χ1n) is 3.23. The van der Waals surface area contributed by atoms with Crippen LogP contribution in [0, 0.1) is 4.91 Å². The number of hydrogen-bond acceptors (Lipinski definition) is 3. The van der Waals surface area contributed by atoms with Crippen molar-refractivity contribution in [2.75, 3.05) is 6.54 Å². The second-order valence-corrected chi connectivity index (χ2v) is 2.87. The number of hydrogen-bond donors (Lipinski definition) is 0. The molecule has 0 aliphatic rings. The van der Waals surface area contributed by atoms with Crippen molar-refractivity contribution in [2.45, 2.75) is 12.8 Å². The smallest absolute Gasteiger partial charge is 0.0814 e. The zero-order chi connectivity index (χ0) is 7.23. The van der Waals surface area contributed by atoms with E-state index in [0.29, 0.717) is 6.54 Å². The molecule has 3 heteroatoms. The fourth-order valence-corrected chi connectivity index (χ4v) is 1.49. The van der Waals surface area contributed by atoms with Crippen LogP contribution in [-0.2, 0) is 6.42 Å². The summed E-state index contributed by atoms with van der Waals surface area (Å²) in [5.41, 5.74) is 1.31. The summed E-state index contributed by atoms with van der Waals surface area (Å²) >= 11 is 1.69. The quantitative estimate of drug-likeness (QED) is 0.485. The van der Waals surface area contributed by atoms with E-state index < -0.39 is 0 Å². The minimum Gasteiger partial charge on any atom is -0.152 e. The Morgan fingerprint density at radius 3 is 3.10 bits per heavy atom. The number of aryl methyl sites for hydroxylation is 1. The van der Waals surface area contributed by atoms with Gasteiger partial charge in [0, 0.05) is 0 Å². The molecule has 0 N–H and O–H groups in total. The van der Waals surface area contributed by atoms with Gasteiger partial charge in [-0.15, -0.1) is 0 Å². The maximum atomic E-state index is 9.69. The summed E-state index contributed by atoms with van der Waals surface area (Å²) in [6, 6.07) is 2.08. The highest BCUT2D eigenvalue weighted by Crippen LogP contribution is 2.07. The van der Waals surface area contributed by atoms with E-state index in [2.05, 4.69) is 16.6 Å². The molecule has 0 aromatic carbocycles. The molecular weight excluding hydrogens is 146 g/mol. The lowest BCUT2D eigenvalue weighted by molar-refractivity contribution is 0.832. The van der Waals surface area contributed by atoms with E-state index in [4.69, 9.17) is 0 Å². The van der Waals surface area contributed by atoms with E-state index in [0.717, 1.165) is 12.8 Å². The number of thiophene rings is 1. The van der Waals surface area contributed by atoms with E-state index in [1.54, 1.807) is 11.3 Å². The molecule has 0 saturated carbocycles. The second kappa shape index (κ2) is 4.17. The van der Waals surface area contributed by atoms with Gasteiger partial charge < -0.3 is 0 Å². The lowest BCUT2D eigenvalue weighted by atomic mass is 10.2. The van der Waals surface area contributed by atoms with Crippen molar-refractivity contribution < 1.29 is 0 Å². The lowest BCUT2D eigenvalue weighted by Crippen LogP contribution is -1.83. The molecule has 0 aliphatic heterocycles. The standard InChI is InChI=1S/C7H9NOS/c9-8-4-1-2-7-3-5-10-6-7/h3,5-6H,1-2,4H2. The molecule has 1 rings (SSSR count). The maximum absolute atomic E-state index is 9.69. The molecule has 0 amide bonds. The molecule has 1 heterocycles. The highest BCUT2D eigenvalue weighted by Gasteiger charge is 1.91. The summed E-state index contributed by atoms with van der Waals surface area (Å²) in [6.45, 7) is 0.440. The van der Waals surface area contributed by atoms with Crippen LogP contribution >= 0.6 is 11.3 Å². The van der Waals surface area contributed by atoms with Gasteiger partial charge in [0.1, 0.15) is 0 Å². The third-order valence-corrected chi connectivity index (χ3v) is 2.03. The Balaban J connectivity index is 2.21. The number of nitrogens with zero attached hydrogens (tertiary/aromatic N) is 1. The summed E-state index contributed by atoms with van der Waals surface area (Å²) in [5, 5.41) is 6.94. The van der Waals surface area contributed by atoms with Crippen molar-refractivity contribution in [3.8, 4) is 0 Å². The van der Waals surface area contributed by atoms with Crippen molar-refractivity contribution in [3.63, 3.8) is 0 Å². The lowest BCUT2D eigenvalue weighted by Gasteiger charge is -1.89. The third-order valence-electron chi connectivity index (χ3n) is 1.29. The molecule has 0 saturated heterocycles. The van der Waals surface area contributed by atoms with Crippen LogP contribution in [0.5, 0.6) is 0 Å². The highest BCUT2D eigenvalue weighted by molar-refractivity contribution is 7.07. The molecule has 1 aromatic heterocycles. The van der Waals surface area contributed by atoms with Gasteiger partial charge in [-0.1, -0.05) is 5.18 Å². The van der Waals surface area contributed by atoms with Crippen molar-refractivity contribution in [1.29, 1.82) is 0 Å². The van der Waals surface area contributed by atoms with Crippen LogP contribution in [0.1, 0.15) is 12.0 Å². The molecule has 0 atom stereocenters. The first kappa shape index (κ1) is 7.41. The fourth-order valence-electron chi connectivity index (χ4n) is 0.783. The Labute approximate surface area is 63.9 Å². The predicted octanol–water partition coefficient (Wildman–Crippen LogP) is 2.45. The molecule has 2 nitrogen and oxygen atoms in total. The van der Waals surface area contributed by atoms with Crippen molar-refractivity contribution in [2.24, 2.45) is 5.18 Å². The normalized spacial score (nSPS) is 9.60. The molecule has 0 bridgehead atoms. The summed E-state index contributed by atoms with van der Waals surface area (Å²) in [6.07, 6.45) is 1.86. The van der Waals surface area contributed by atoms with Gasteiger partial charge in [-0.05, 0) is 35.2 Å². The first-order valence-corrected chi connectivity index (χ1v) is 4.18. The van der Waals surface area contributed by atoms with Gasteiger partial charge in [-0.25, -0.2) is 0 Å². The van der Waals surface area contributed by atoms with Crippen LogP contribution in [0.25, 0.3) is 0 Å². The minimum atomic E-state index is 0.440. The van der Waals surface area contributed by atoms with Crippen molar-refractivity contribution in [3.05, 3.63) is 27.3 Å². The molecule has 0 unspecified atom stereocenters. The summed E-state index contributed by atoms with van der Waals surface area (Å²) in [5.74, 6) is 0. The van der Waals surface area contributed by atoms with Crippen molar-refractivity contribution >= 4 is 11.3 Å². The van der Waals surface area contributed by atoms with E-state index in [-0.39, 0.29) is 0 Å². The summed E-state index contributed by atoms with van der Waals surface area (Å²) < 4.78 is 0. The van der Waals surface area contributed by atoms with Gasteiger partial charge in [-0.2, -0.15) is 16.2 Å². The van der Waals surface area contributed by atoms with Crippen LogP contribution in [0.3, 0.4) is 0 Å². The molecule has 0 aliphatic carbocycles. The Morgan fingerprint density at radius 1 is 1.60 bits per heavy atom. The van der Waals surface area contributed by atoms with Crippen molar-refractivity contribution in [1.82, 2.24) is 0 Å². The molecule has 0 radical (unpaired) electrons. The van der Waals surface area contributed by atoms with Gasteiger partial charge in [0.25, 0.3) is 0 Å². The average Bonchev–Trinajstić information content (AvgIpc) is 2.41. The molecule has 54 valence electrons. The topological polar surface area (TPSA) is 29.4 Å². The molecule has 10 heavy (non-hydrogen) atoms. The van der Waals surface area contributed by atoms with Crippen LogP contribution in [0.2, 0.25) is 0 Å². The Morgan fingerprint density at radius 2 is 2.50 bits per heavy atom. The van der Waals surface area contributed by atoms with E-state index in [1.807, 2.05) is 5.38 Å². The minimum absolute atomic E-state index is 0.440. The van der Waals surface area contributed by atoms with Crippen LogP contribution < -0.4 is 0 Å². The molecule has 0 spiro atoms. The Bertz CT molecular complexity index is 183. The fraction of sp³-hybridized carbons (Fsp3) is 0.429. The molecule has 1 aromatic rings. The SMILES string of the molecule is O=NCCCc1ccsc1. The van der Waals surface area contributed by atoms with Crippen LogP contribution in [0.15, 0.2) is 22.0 Å². The van der Waals surface area contributed by atoms with Gasteiger partial charge in [0.05, 0.1) is 6.54 Å². The second-order valence-electron chi connectivity index (χ2n) is 2.09. The first-order chi connectivity index (χ1) is 4.93. The summed E-state index contributed by atoms with van der Waals surface area (Å²) in [7, 11) is 0. The average molecular weight is 155 g/mol. The van der Waals surface area contributed by atoms with E-state index in [9.17, 15) is 4.91 Å². The third kappa shape index (κ3) is 2.27. The largest absolute Gasteiger partial charge is 0.152 e. The van der Waals surface area contributed by atoms with Gasteiger partial charge in [-0.3, -0.25) is 0 Å². The molecule has 0 fully saturated rings. The van der Waals surface area contributed by atoms with Gasteiger partial charge in [0.15, 0.2) is 0 Å². The zero-order valence-electron chi connectivity index (χ0n) is 5.62. The van der Waals surface area contributed by atoms with E-state index in [1.165, 1.54) is 5.56 Å². The number of nitroso groups, excluding NO2 is 1. The molecular formula is C7H9NOS. The Kier molecular flexibility index (Phi) is 3.09. The van der Waals surface area contributed by atoms with E-state index >= 15 is 0 Å². The predicted molar refractivity (Wildman–Crippen MR) is 43.3 cm³/mol. The summed E-state index contributed by atoms with van der Waals surface area (Å²) in [4.78, 5) is 9.69. The number of rotatable bonds is 4. The monoisotopic (exact) mass is 155 g/mol. The van der Waals surface area contributed by atoms with Crippen LogP contribution in [-0.4, -0.2) is 6.54 Å².